The van der Waals surface area contributed by atoms with E-state index in [4.69, 9.17) is 4.98 Å². The van der Waals surface area contributed by atoms with Crippen LogP contribution in [0.15, 0.2) is 24.7 Å². The van der Waals surface area contributed by atoms with Crippen LogP contribution in [0.4, 0.5) is 5.82 Å². The second-order valence-corrected chi connectivity index (χ2v) is 6.29. The van der Waals surface area contributed by atoms with Crippen LogP contribution < -0.4 is 4.90 Å². The maximum Gasteiger partial charge on any atom is 0.135 e. The highest BCUT2D eigenvalue weighted by Gasteiger charge is 2.30. The topological polar surface area (TPSA) is 77.9 Å². The van der Waals surface area contributed by atoms with Crippen molar-refractivity contribution in [2.45, 2.75) is 37.7 Å². The Hall–Kier alpha value is -1.95. The molecular weight excluding hydrogens is 278 g/mol. The lowest BCUT2D eigenvalue weighted by Crippen LogP contribution is -2.36. The van der Waals surface area contributed by atoms with E-state index in [1.165, 1.54) is 12.8 Å². The number of nitrogens with zero attached hydrogens (tertiary/aromatic N) is 4. The van der Waals surface area contributed by atoms with Crippen LogP contribution in [-0.2, 0) is 0 Å². The van der Waals surface area contributed by atoms with E-state index < -0.39 is 6.10 Å². The number of rotatable bonds is 4. The second-order valence-electron chi connectivity index (χ2n) is 6.29. The minimum absolute atomic E-state index is 0.257. The number of aromatic nitrogens is 4. The van der Waals surface area contributed by atoms with Gasteiger partial charge in [-0.05, 0) is 37.7 Å². The average Bonchev–Trinajstić information content (AvgIpc) is 3.29. The van der Waals surface area contributed by atoms with Gasteiger partial charge in [-0.15, -0.1) is 0 Å². The summed E-state index contributed by atoms with van der Waals surface area (Å²) in [5.41, 5.74) is 0. The zero-order chi connectivity index (χ0) is 14.9. The summed E-state index contributed by atoms with van der Waals surface area (Å²) >= 11 is 0. The van der Waals surface area contributed by atoms with E-state index in [0.717, 1.165) is 37.6 Å². The Morgan fingerprint density at radius 3 is 2.64 bits per heavy atom. The van der Waals surface area contributed by atoms with Crippen LogP contribution in [0.1, 0.15) is 49.4 Å². The third-order valence-corrected chi connectivity index (χ3v) is 4.71. The van der Waals surface area contributed by atoms with Gasteiger partial charge in [0.2, 0.25) is 0 Å². The number of piperidine rings is 1. The quantitative estimate of drug-likeness (QED) is 0.903. The SMILES string of the molecule is OC(c1ncc[nH]1)C1CCN(c2ccnc(C3CC3)n2)CC1. The van der Waals surface area contributed by atoms with E-state index in [1.807, 2.05) is 12.3 Å². The lowest BCUT2D eigenvalue weighted by atomic mass is 9.91. The maximum atomic E-state index is 10.4. The van der Waals surface area contributed by atoms with Crippen molar-refractivity contribution in [1.29, 1.82) is 0 Å². The summed E-state index contributed by atoms with van der Waals surface area (Å²) in [4.78, 5) is 18.6. The number of aromatic amines is 1. The Morgan fingerprint density at radius 1 is 1.14 bits per heavy atom. The number of hydrogen-bond acceptors (Lipinski definition) is 5. The molecule has 0 radical (unpaired) electrons. The molecule has 0 bridgehead atoms. The van der Waals surface area contributed by atoms with Crippen molar-refractivity contribution >= 4 is 5.82 Å². The molecule has 2 aromatic heterocycles. The first-order chi connectivity index (χ1) is 10.8. The van der Waals surface area contributed by atoms with Crippen molar-refractivity contribution < 1.29 is 5.11 Å². The predicted octanol–water partition coefficient (Wildman–Crippen LogP) is 2.03. The van der Waals surface area contributed by atoms with E-state index in [-0.39, 0.29) is 5.92 Å². The van der Waals surface area contributed by atoms with Gasteiger partial charge in [0.15, 0.2) is 0 Å². The van der Waals surface area contributed by atoms with E-state index in [1.54, 1.807) is 12.4 Å². The Kier molecular flexibility index (Phi) is 3.54. The van der Waals surface area contributed by atoms with Crippen molar-refractivity contribution in [3.05, 3.63) is 36.3 Å². The molecule has 4 rings (SSSR count). The van der Waals surface area contributed by atoms with Crippen LogP contribution in [-0.4, -0.2) is 38.1 Å². The summed E-state index contributed by atoms with van der Waals surface area (Å²) in [6.07, 6.45) is 9.17. The molecule has 22 heavy (non-hydrogen) atoms. The van der Waals surface area contributed by atoms with Crippen LogP contribution in [0.3, 0.4) is 0 Å². The average molecular weight is 299 g/mol. The van der Waals surface area contributed by atoms with Gasteiger partial charge in [0.1, 0.15) is 23.6 Å². The van der Waals surface area contributed by atoms with Crippen molar-refractivity contribution in [1.82, 2.24) is 19.9 Å². The van der Waals surface area contributed by atoms with Crippen molar-refractivity contribution in [3.63, 3.8) is 0 Å². The molecule has 3 heterocycles. The van der Waals surface area contributed by atoms with Gasteiger partial charge in [-0.2, -0.15) is 0 Å². The fraction of sp³-hybridized carbons (Fsp3) is 0.562. The fourth-order valence-electron chi connectivity index (χ4n) is 3.18. The Labute approximate surface area is 129 Å². The molecule has 2 N–H and O–H groups in total. The van der Waals surface area contributed by atoms with Crippen molar-refractivity contribution in [2.24, 2.45) is 5.92 Å². The summed E-state index contributed by atoms with van der Waals surface area (Å²) < 4.78 is 0. The third kappa shape index (κ3) is 2.70. The highest BCUT2D eigenvalue weighted by molar-refractivity contribution is 5.38. The standard InChI is InChI=1S/C16H21N5O/c22-14(16-18-7-8-19-16)11-4-9-21(10-5-11)13-3-6-17-15(20-13)12-1-2-12/h3,6-8,11-12,14,22H,1-2,4-5,9-10H2,(H,18,19). The van der Waals surface area contributed by atoms with Crippen LogP contribution >= 0.6 is 0 Å². The normalized spacial score (nSPS) is 21.0. The molecule has 1 saturated carbocycles. The molecule has 0 aromatic carbocycles. The molecule has 1 unspecified atom stereocenters. The Balaban J connectivity index is 1.40. The van der Waals surface area contributed by atoms with Gasteiger partial charge in [-0.25, -0.2) is 15.0 Å². The predicted molar refractivity (Wildman–Crippen MR) is 82.5 cm³/mol. The summed E-state index contributed by atoms with van der Waals surface area (Å²) in [5, 5.41) is 10.4. The van der Waals surface area contributed by atoms with Crippen LogP contribution in [0.2, 0.25) is 0 Å². The third-order valence-electron chi connectivity index (χ3n) is 4.71. The van der Waals surface area contributed by atoms with Gasteiger partial charge in [0, 0.05) is 37.6 Å². The highest BCUT2D eigenvalue weighted by Crippen LogP contribution is 2.38. The summed E-state index contributed by atoms with van der Waals surface area (Å²) in [6, 6.07) is 2.00. The molecule has 1 atom stereocenters. The second kappa shape index (κ2) is 5.68. The van der Waals surface area contributed by atoms with Crippen molar-refractivity contribution in [2.75, 3.05) is 18.0 Å². The number of H-pyrrole nitrogens is 1. The molecular formula is C16H21N5O. The monoisotopic (exact) mass is 299 g/mol. The highest BCUT2D eigenvalue weighted by atomic mass is 16.3. The minimum atomic E-state index is -0.496. The first-order valence-electron chi connectivity index (χ1n) is 8.06. The van der Waals surface area contributed by atoms with Crippen LogP contribution in [0.5, 0.6) is 0 Å². The van der Waals surface area contributed by atoms with Gasteiger partial charge in [0.05, 0.1) is 0 Å². The van der Waals surface area contributed by atoms with Gasteiger partial charge < -0.3 is 15.0 Å². The molecule has 2 fully saturated rings. The number of anilines is 1. The number of nitrogens with one attached hydrogen (secondary N) is 1. The molecule has 1 aliphatic heterocycles. The van der Waals surface area contributed by atoms with Gasteiger partial charge in [0.25, 0.3) is 0 Å². The number of imidazole rings is 1. The van der Waals surface area contributed by atoms with Gasteiger partial charge in [-0.1, -0.05) is 0 Å². The maximum absolute atomic E-state index is 10.4. The summed E-state index contributed by atoms with van der Waals surface area (Å²) in [6.45, 7) is 1.84. The molecule has 1 aliphatic carbocycles. The number of hydrogen-bond donors (Lipinski definition) is 2. The van der Waals surface area contributed by atoms with Crippen LogP contribution in [0, 0.1) is 5.92 Å². The smallest absolute Gasteiger partial charge is 0.135 e. The first kappa shape index (κ1) is 13.7. The molecule has 116 valence electrons. The van der Waals surface area contributed by atoms with E-state index in [0.29, 0.717) is 11.7 Å². The Bertz CT molecular complexity index is 617. The van der Waals surface area contributed by atoms with Crippen LogP contribution in [0.25, 0.3) is 0 Å². The zero-order valence-corrected chi connectivity index (χ0v) is 12.5. The lowest BCUT2D eigenvalue weighted by Gasteiger charge is -2.34. The summed E-state index contributed by atoms with van der Waals surface area (Å²) in [7, 11) is 0. The van der Waals surface area contributed by atoms with E-state index in [9.17, 15) is 5.11 Å². The molecule has 2 aliphatic rings. The molecule has 6 heteroatoms. The summed E-state index contributed by atoms with van der Waals surface area (Å²) in [5.74, 6) is 3.54. The number of aliphatic hydroxyl groups is 1. The largest absolute Gasteiger partial charge is 0.385 e. The molecule has 6 nitrogen and oxygen atoms in total. The minimum Gasteiger partial charge on any atom is -0.385 e. The van der Waals surface area contributed by atoms with Gasteiger partial charge in [-0.3, -0.25) is 0 Å². The van der Waals surface area contributed by atoms with E-state index >= 15 is 0 Å². The lowest BCUT2D eigenvalue weighted by molar-refractivity contribution is 0.0856. The Morgan fingerprint density at radius 2 is 1.95 bits per heavy atom. The number of aliphatic hydroxyl groups excluding tert-OH is 1. The first-order valence-corrected chi connectivity index (χ1v) is 8.06. The van der Waals surface area contributed by atoms with Crippen molar-refractivity contribution in [3.8, 4) is 0 Å². The van der Waals surface area contributed by atoms with Gasteiger partial charge >= 0.3 is 0 Å². The molecule has 2 aromatic rings. The molecule has 0 spiro atoms. The fourth-order valence-corrected chi connectivity index (χ4v) is 3.18. The molecule has 0 amide bonds. The molecule has 1 saturated heterocycles. The zero-order valence-electron chi connectivity index (χ0n) is 12.5. The van der Waals surface area contributed by atoms with E-state index in [2.05, 4.69) is 19.9 Å².